The van der Waals surface area contributed by atoms with Crippen LogP contribution >= 0.6 is 0 Å². The van der Waals surface area contributed by atoms with Crippen LogP contribution in [0.25, 0.3) is 0 Å². The Morgan fingerprint density at radius 1 is 1.41 bits per heavy atom. The first kappa shape index (κ1) is 11.3. The summed E-state index contributed by atoms with van der Waals surface area (Å²) in [6.07, 6.45) is 1.56. The minimum atomic E-state index is -0.190. The molecular formula is C13H13NO3. The molecule has 4 heteroatoms. The van der Waals surface area contributed by atoms with E-state index in [9.17, 15) is 9.90 Å². The molecule has 0 unspecified atom stereocenters. The van der Waals surface area contributed by atoms with Crippen LogP contribution < -0.4 is 5.32 Å². The van der Waals surface area contributed by atoms with Crippen LogP contribution in [0.2, 0.25) is 0 Å². The molecule has 0 saturated heterocycles. The lowest BCUT2D eigenvalue weighted by atomic mass is 10.1. The number of benzene rings is 1. The average molecular weight is 231 g/mol. The molecule has 1 amide bonds. The summed E-state index contributed by atoms with van der Waals surface area (Å²) in [4.78, 5) is 11.8. The van der Waals surface area contributed by atoms with E-state index in [1.807, 2.05) is 0 Å². The van der Waals surface area contributed by atoms with E-state index in [1.54, 1.807) is 37.5 Å². The molecule has 0 atom stereocenters. The lowest BCUT2D eigenvalue weighted by Crippen LogP contribution is -2.22. The second-order valence-electron chi connectivity index (χ2n) is 3.76. The van der Waals surface area contributed by atoms with Gasteiger partial charge in [0.1, 0.15) is 11.5 Å². The highest BCUT2D eigenvalue weighted by Crippen LogP contribution is 2.16. The summed E-state index contributed by atoms with van der Waals surface area (Å²) in [5, 5.41) is 12.1. The van der Waals surface area contributed by atoms with Crippen molar-refractivity contribution >= 4 is 5.91 Å². The van der Waals surface area contributed by atoms with Gasteiger partial charge in [0.05, 0.1) is 12.8 Å². The van der Waals surface area contributed by atoms with E-state index in [0.717, 1.165) is 0 Å². The standard InChI is InChI=1S/C13H13NO3/c1-9-7-10(4-5-12(9)15)13(16)14-8-11-3-2-6-17-11/h2-7,15H,8H2,1H3,(H,14,16). The molecule has 0 aliphatic carbocycles. The summed E-state index contributed by atoms with van der Waals surface area (Å²) in [7, 11) is 0. The van der Waals surface area contributed by atoms with Gasteiger partial charge in [-0.1, -0.05) is 0 Å². The highest BCUT2D eigenvalue weighted by Gasteiger charge is 2.07. The van der Waals surface area contributed by atoms with Crippen LogP contribution in [0, 0.1) is 6.92 Å². The maximum atomic E-state index is 11.8. The summed E-state index contributed by atoms with van der Waals surface area (Å²) in [5.41, 5.74) is 1.20. The first-order valence-corrected chi connectivity index (χ1v) is 5.27. The van der Waals surface area contributed by atoms with Gasteiger partial charge in [0.15, 0.2) is 0 Å². The molecule has 0 aliphatic rings. The van der Waals surface area contributed by atoms with E-state index in [4.69, 9.17) is 4.42 Å². The summed E-state index contributed by atoms with van der Waals surface area (Å²) >= 11 is 0. The Morgan fingerprint density at radius 2 is 2.24 bits per heavy atom. The minimum Gasteiger partial charge on any atom is -0.508 e. The zero-order valence-corrected chi connectivity index (χ0v) is 9.43. The number of phenols is 1. The Hall–Kier alpha value is -2.23. The maximum absolute atomic E-state index is 11.8. The highest BCUT2D eigenvalue weighted by atomic mass is 16.3. The molecule has 2 rings (SSSR count). The maximum Gasteiger partial charge on any atom is 0.251 e. The van der Waals surface area contributed by atoms with E-state index in [1.165, 1.54) is 6.07 Å². The third kappa shape index (κ3) is 2.66. The number of carbonyl (C=O) groups is 1. The summed E-state index contributed by atoms with van der Waals surface area (Å²) in [5.74, 6) is 0.700. The molecule has 0 radical (unpaired) electrons. The van der Waals surface area contributed by atoms with Crippen molar-refractivity contribution in [3.63, 3.8) is 0 Å². The second kappa shape index (κ2) is 4.74. The summed E-state index contributed by atoms with van der Waals surface area (Å²) < 4.78 is 5.11. The van der Waals surface area contributed by atoms with Crippen LogP contribution in [0.3, 0.4) is 0 Å². The molecule has 1 aromatic carbocycles. The number of phenolic OH excluding ortho intramolecular Hbond substituents is 1. The van der Waals surface area contributed by atoms with Crippen LogP contribution in [-0.4, -0.2) is 11.0 Å². The van der Waals surface area contributed by atoms with Gasteiger partial charge >= 0.3 is 0 Å². The molecule has 88 valence electrons. The van der Waals surface area contributed by atoms with Crippen molar-refractivity contribution in [3.8, 4) is 5.75 Å². The molecule has 0 bridgehead atoms. The van der Waals surface area contributed by atoms with Gasteiger partial charge in [-0.2, -0.15) is 0 Å². The number of aryl methyl sites for hydroxylation is 1. The van der Waals surface area contributed by atoms with Gasteiger partial charge in [0, 0.05) is 5.56 Å². The molecule has 1 heterocycles. The van der Waals surface area contributed by atoms with Gasteiger partial charge in [0.25, 0.3) is 5.91 Å². The number of nitrogens with one attached hydrogen (secondary N) is 1. The third-order valence-electron chi connectivity index (χ3n) is 2.46. The van der Waals surface area contributed by atoms with Crippen molar-refractivity contribution in [1.82, 2.24) is 5.32 Å². The van der Waals surface area contributed by atoms with E-state index >= 15 is 0 Å². The number of rotatable bonds is 3. The lowest BCUT2D eigenvalue weighted by Gasteiger charge is -2.05. The van der Waals surface area contributed by atoms with Crippen molar-refractivity contribution in [2.24, 2.45) is 0 Å². The minimum absolute atomic E-state index is 0.188. The SMILES string of the molecule is Cc1cc(C(=O)NCc2ccco2)ccc1O. The van der Waals surface area contributed by atoms with Crippen LogP contribution in [-0.2, 0) is 6.54 Å². The molecular weight excluding hydrogens is 218 g/mol. The Kier molecular flexibility index (Phi) is 3.14. The topological polar surface area (TPSA) is 62.5 Å². The zero-order valence-electron chi connectivity index (χ0n) is 9.43. The number of aromatic hydroxyl groups is 1. The van der Waals surface area contributed by atoms with Crippen LogP contribution in [0.4, 0.5) is 0 Å². The predicted molar refractivity (Wildman–Crippen MR) is 62.7 cm³/mol. The predicted octanol–water partition coefficient (Wildman–Crippen LogP) is 2.22. The van der Waals surface area contributed by atoms with Crippen molar-refractivity contribution in [1.29, 1.82) is 0 Å². The molecule has 2 aromatic rings. The molecule has 0 aliphatic heterocycles. The number of carbonyl (C=O) groups excluding carboxylic acids is 1. The summed E-state index contributed by atoms with van der Waals surface area (Å²) in [6.45, 7) is 2.10. The smallest absolute Gasteiger partial charge is 0.251 e. The fourth-order valence-corrected chi connectivity index (χ4v) is 1.48. The monoisotopic (exact) mass is 231 g/mol. The Morgan fingerprint density at radius 3 is 2.88 bits per heavy atom. The van der Waals surface area contributed by atoms with Crippen molar-refractivity contribution in [3.05, 3.63) is 53.5 Å². The quantitative estimate of drug-likeness (QED) is 0.851. The largest absolute Gasteiger partial charge is 0.508 e. The fourth-order valence-electron chi connectivity index (χ4n) is 1.48. The highest BCUT2D eigenvalue weighted by molar-refractivity contribution is 5.94. The number of amides is 1. The van der Waals surface area contributed by atoms with Gasteiger partial charge in [0.2, 0.25) is 0 Å². The first-order chi connectivity index (χ1) is 8.16. The Labute approximate surface area is 98.9 Å². The van der Waals surface area contributed by atoms with Crippen LogP contribution in [0.1, 0.15) is 21.7 Å². The second-order valence-corrected chi connectivity index (χ2v) is 3.76. The molecule has 0 saturated carbocycles. The molecule has 0 spiro atoms. The third-order valence-corrected chi connectivity index (χ3v) is 2.46. The number of furan rings is 1. The van der Waals surface area contributed by atoms with Gasteiger partial charge in [-0.25, -0.2) is 0 Å². The normalized spacial score (nSPS) is 10.2. The van der Waals surface area contributed by atoms with Gasteiger partial charge in [-0.05, 0) is 42.8 Å². The Balaban J connectivity index is 2.02. The van der Waals surface area contributed by atoms with Crippen molar-refractivity contribution in [2.75, 3.05) is 0 Å². The van der Waals surface area contributed by atoms with Gasteiger partial charge in [-0.15, -0.1) is 0 Å². The van der Waals surface area contributed by atoms with Gasteiger partial charge in [-0.3, -0.25) is 4.79 Å². The Bertz CT molecular complexity index is 517. The van der Waals surface area contributed by atoms with E-state index < -0.39 is 0 Å². The van der Waals surface area contributed by atoms with Crippen LogP contribution in [0.15, 0.2) is 41.0 Å². The first-order valence-electron chi connectivity index (χ1n) is 5.27. The van der Waals surface area contributed by atoms with E-state index in [0.29, 0.717) is 23.4 Å². The van der Waals surface area contributed by atoms with Crippen LogP contribution in [0.5, 0.6) is 5.75 Å². The molecule has 2 N–H and O–H groups in total. The molecule has 17 heavy (non-hydrogen) atoms. The number of hydrogen-bond acceptors (Lipinski definition) is 3. The number of hydrogen-bond donors (Lipinski definition) is 2. The van der Waals surface area contributed by atoms with Gasteiger partial charge < -0.3 is 14.8 Å². The zero-order chi connectivity index (χ0) is 12.3. The van der Waals surface area contributed by atoms with E-state index in [-0.39, 0.29) is 11.7 Å². The lowest BCUT2D eigenvalue weighted by molar-refractivity contribution is 0.0948. The van der Waals surface area contributed by atoms with E-state index in [2.05, 4.69) is 5.32 Å². The molecule has 4 nitrogen and oxygen atoms in total. The van der Waals surface area contributed by atoms with Crippen molar-refractivity contribution < 1.29 is 14.3 Å². The fraction of sp³-hybridized carbons (Fsp3) is 0.154. The summed E-state index contributed by atoms with van der Waals surface area (Å²) in [6, 6.07) is 8.30. The van der Waals surface area contributed by atoms with Crippen molar-refractivity contribution in [2.45, 2.75) is 13.5 Å². The molecule has 1 aromatic heterocycles. The molecule has 0 fully saturated rings. The average Bonchev–Trinajstić information content (AvgIpc) is 2.82.